The van der Waals surface area contributed by atoms with Crippen LogP contribution in [0.4, 0.5) is 5.95 Å². The Morgan fingerprint density at radius 2 is 1.81 bits per heavy atom. The molecule has 1 aliphatic heterocycles. The summed E-state index contributed by atoms with van der Waals surface area (Å²) in [6, 6.07) is 0.258. The lowest BCUT2D eigenvalue weighted by atomic mass is 10.4. The Morgan fingerprint density at radius 3 is 2.33 bits per heavy atom. The van der Waals surface area contributed by atoms with Crippen LogP contribution in [-0.4, -0.2) is 58.0 Å². The van der Waals surface area contributed by atoms with Gasteiger partial charge >= 0.3 is 0 Å². The minimum absolute atomic E-state index is 0.125. The fraction of sp³-hybridized carbons (Fsp3) is 0.786. The normalized spacial score (nSPS) is 16.6. The highest BCUT2D eigenvalue weighted by Crippen LogP contribution is 2.29. The molecule has 118 valence electrons. The summed E-state index contributed by atoms with van der Waals surface area (Å²) in [6.45, 7) is 7.95. The van der Waals surface area contributed by atoms with E-state index >= 15 is 0 Å². The molecule has 2 rings (SSSR count). The van der Waals surface area contributed by atoms with Crippen LogP contribution in [0.3, 0.4) is 0 Å². The molecule has 1 aromatic rings. The minimum Gasteiger partial charge on any atom is -0.347 e. The number of thioether (sulfide) groups is 1. The van der Waals surface area contributed by atoms with Crippen molar-refractivity contribution in [2.24, 2.45) is 0 Å². The topological polar surface area (TPSA) is 54.3 Å². The molecule has 2 heterocycles. The summed E-state index contributed by atoms with van der Waals surface area (Å²) < 4.78 is 2.08. The Kier molecular flexibility index (Phi) is 5.13. The maximum atomic E-state index is 12.4. The van der Waals surface area contributed by atoms with Gasteiger partial charge in [0.25, 0.3) is 0 Å². The number of rotatable bonds is 5. The number of carbonyl (C=O) groups is 1. The van der Waals surface area contributed by atoms with Crippen LogP contribution in [0.1, 0.15) is 39.7 Å². The predicted octanol–water partition coefficient (Wildman–Crippen LogP) is 2.03. The van der Waals surface area contributed by atoms with Gasteiger partial charge in [-0.3, -0.25) is 9.36 Å². The van der Waals surface area contributed by atoms with Crippen molar-refractivity contribution in [2.45, 2.75) is 50.1 Å². The van der Waals surface area contributed by atoms with Gasteiger partial charge in [-0.2, -0.15) is 0 Å². The Labute approximate surface area is 130 Å². The lowest BCUT2D eigenvalue weighted by molar-refractivity contribution is -0.129. The summed E-state index contributed by atoms with van der Waals surface area (Å²) in [4.78, 5) is 16.3. The summed E-state index contributed by atoms with van der Waals surface area (Å²) in [5.74, 6) is 1.04. The van der Waals surface area contributed by atoms with Crippen LogP contribution in [0.25, 0.3) is 0 Å². The fourth-order valence-electron chi connectivity index (χ4n) is 2.51. The second-order valence-electron chi connectivity index (χ2n) is 5.93. The average molecular weight is 311 g/mol. The van der Waals surface area contributed by atoms with Crippen LogP contribution in [-0.2, 0) is 4.79 Å². The largest absolute Gasteiger partial charge is 0.347 e. The third kappa shape index (κ3) is 3.51. The van der Waals surface area contributed by atoms with Crippen molar-refractivity contribution in [3.05, 3.63) is 0 Å². The van der Waals surface area contributed by atoms with Gasteiger partial charge in [0, 0.05) is 33.2 Å². The average Bonchev–Trinajstić information content (AvgIpc) is 3.06. The van der Waals surface area contributed by atoms with E-state index in [0.29, 0.717) is 0 Å². The molecule has 0 saturated carbocycles. The summed E-state index contributed by atoms with van der Waals surface area (Å²) in [5.41, 5.74) is 0. The zero-order chi connectivity index (χ0) is 15.6. The van der Waals surface area contributed by atoms with Crippen LogP contribution >= 0.6 is 11.8 Å². The highest BCUT2D eigenvalue weighted by molar-refractivity contribution is 8.00. The molecule has 1 saturated heterocycles. The Balaban J connectivity index is 2.13. The number of carbonyl (C=O) groups excluding carboxylic acids is 1. The van der Waals surface area contributed by atoms with Crippen LogP contribution in [0.15, 0.2) is 5.16 Å². The van der Waals surface area contributed by atoms with Crippen molar-refractivity contribution in [3.63, 3.8) is 0 Å². The molecule has 0 unspecified atom stereocenters. The molecule has 1 aliphatic rings. The summed E-state index contributed by atoms with van der Waals surface area (Å²) in [6.07, 6.45) is 2.24. The van der Waals surface area contributed by atoms with Gasteiger partial charge in [-0.1, -0.05) is 11.8 Å². The van der Waals surface area contributed by atoms with E-state index in [4.69, 9.17) is 0 Å². The monoisotopic (exact) mass is 311 g/mol. The maximum absolute atomic E-state index is 12.4. The molecule has 1 atom stereocenters. The number of nitrogens with zero attached hydrogens (tertiary/aromatic N) is 5. The van der Waals surface area contributed by atoms with Gasteiger partial charge in [-0.05, 0) is 33.6 Å². The maximum Gasteiger partial charge on any atom is 0.235 e. The van der Waals surface area contributed by atoms with Crippen molar-refractivity contribution in [1.82, 2.24) is 19.7 Å². The SMILES string of the molecule is CC(C)n1c(S[C@H](C)C(=O)N2CCCC2)nnc1N(C)C. The Hall–Kier alpha value is -1.24. The quantitative estimate of drug-likeness (QED) is 0.779. The van der Waals surface area contributed by atoms with E-state index in [9.17, 15) is 4.79 Å². The standard InChI is InChI=1S/C14H25N5OS/c1-10(2)19-13(17(4)5)15-16-14(19)21-11(3)12(20)18-8-6-7-9-18/h10-11H,6-9H2,1-5H3/t11-/m1/s1. The summed E-state index contributed by atoms with van der Waals surface area (Å²) in [5, 5.41) is 9.20. The summed E-state index contributed by atoms with van der Waals surface area (Å²) in [7, 11) is 3.91. The van der Waals surface area contributed by atoms with Gasteiger partial charge in [0.2, 0.25) is 11.9 Å². The molecule has 0 radical (unpaired) electrons. The van der Waals surface area contributed by atoms with Crippen molar-refractivity contribution in [1.29, 1.82) is 0 Å². The molecule has 6 nitrogen and oxygen atoms in total. The van der Waals surface area contributed by atoms with Crippen LogP contribution < -0.4 is 4.90 Å². The molecule has 0 aliphatic carbocycles. The molecule has 1 aromatic heterocycles. The molecule has 1 amide bonds. The third-order valence-corrected chi connectivity index (χ3v) is 4.65. The van der Waals surface area contributed by atoms with Gasteiger partial charge < -0.3 is 9.80 Å². The smallest absolute Gasteiger partial charge is 0.235 e. The van der Waals surface area contributed by atoms with Crippen LogP contribution in [0.5, 0.6) is 0 Å². The zero-order valence-electron chi connectivity index (χ0n) is 13.5. The first-order valence-electron chi connectivity index (χ1n) is 7.49. The molecule has 7 heteroatoms. The van der Waals surface area contributed by atoms with E-state index < -0.39 is 0 Å². The number of aromatic nitrogens is 3. The molecule has 0 spiro atoms. The van der Waals surface area contributed by atoms with E-state index in [2.05, 4.69) is 28.6 Å². The number of anilines is 1. The van der Waals surface area contributed by atoms with Crippen molar-refractivity contribution < 1.29 is 4.79 Å². The van der Waals surface area contributed by atoms with Gasteiger partial charge in [0.15, 0.2) is 5.16 Å². The zero-order valence-corrected chi connectivity index (χ0v) is 14.4. The predicted molar refractivity (Wildman–Crippen MR) is 85.9 cm³/mol. The van der Waals surface area contributed by atoms with Crippen molar-refractivity contribution in [3.8, 4) is 0 Å². The lowest BCUT2D eigenvalue weighted by Gasteiger charge is -2.21. The molecular formula is C14H25N5OS. The Bertz CT molecular complexity index is 494. The first kappa shape index (κ1) is 16.1. The molecule has 0 N–H and O–H groups in total. The van der Waals surface area contributed by atoms with E-state index in [-0.39, 0.29) is 17.2 Å². The second-order valence-corrected chi connectivity index (χ2v) is 7.24. The van der Waals surface area contributed by atoms with Crippen LogP contribution in [0.2, 0.25) is 0 Å². The Morgan fingerprint density at radius 1 is 1.19 bits per heavy atom. The van der Waals surface area contributed by atoms with Crippen molar-refractivity contribution >= 4 is 23.6 Å². The highest BCUT2D eigenvalue weighted by Gasteiger charge is 2.26. The van der Waals surface area contributed by atoms with Crippen molar-refractivity contribution in [2.75, 3.05) is 32.1 Å². The number of likely N-dealkylation sites (tertiary alicyclic amines) is 1. The fourth-order valence-corrected chi connectivity index (χ4v) is 3.57. The molecule has 1 fully saturated rings. The number of hydrogen-bond donors (Lipinski definition) is 0. The van der Waals surface area contributed by atoms with Gasteiger partial charge in [-0.15, -0.1) is 10.2 Å². The molecule has 21 heavy (non-hydrogen) atoms. The molecule has 0 bridgehead atoms. The highest BCUT2D eigenvalue weighted by atomic mass is 32.2. The molecule has 0 aromatic carbocycles. The van der Waals surface area contributed by atoms with E-state index in [0.717, 1.165) is 37.0 Å². The lowest BCUT2D eigenvalue weighted by Crippen LogP contribution is -2.34. The first-order chi connectivity index (χ1) is 9.91. The first-order valence-corrected chi connectivity index (χ1v) is 8.37. The second kappa shape index (κ2) is 6.68. The van der Waals surface area contributed by atoms with Gasteiger partial charge in [-0.25, -0.2) is 0 Å². The van der Waals surface area contributed by atoms with Crippen LogP contribution in [0, 0.1) is 0 Å². The van der Waals surface area contributed by atoms with E-state index in [1.807, 2.05) is 30.8 Å². The summed E-state index contributed by atoms with van der Waals surface area (Å²) >= 11 is 1.50. The van der Waals surface area contributed by atoms with Gasteiger partial charge in [0.1, 0.15) is 0 Å². The third-order valence-electron chi connectivity index (χ3n) is 3.61. The molecular weight excluding hydrogens is 286 g/mol. The van der Waals surface area contributed by atoms with E-state index in [1.54, 1.807) is 0 Å². The minimum atomic E-state index is -0.125. The number of amides is 1. The number of hydrogen-bond acceptors (Lipinski definition) is 5. The van der Waals surface area contributed by atoms with E-state index in [1.165, 1.54) is 11.8 Å². The van der Waals surface area contributed by atoms with Gasteiger partial charge in [0.05, 0.1) is 5.25 Å².